The Morgan fingerprint density at radius 2 is 2.17 bits per heavy atom. The van der Waals surface area contributed by atoms with Gasteiger partial charge in [0.2, 0.25) is 0 Å². The second-order valence-corrected chi connectivity index (χ2v) is 5.04. The van der Waals surface area contributed by atoms with Crippen LogP contribution in [0.5, 0.6) is 0 Å². The van der Waals surface area contributed by atoms with E-state index in [2.05, 4.69) is 57.1 Å². The first kappa shape index (κ1) is 14.8. The zero-order valence-corrected chi connectivity index (χ0v) is 12.1. The van der Waals surface area contributed by atoms with E-state index >= 15 is 0 Å². The van der Waals surface area contributed by atoms with Crippen molar-refractivity contribution in [2.75, 3.05) is 14.1 Å². The van der Waals surface area contributed by atoms with Gasteiger partial charge in [-0.1, -0.05) is 38.2 Å². The van der Waals surface area contributed by atoms with Crippen LogP contribution in [-0.2, 0) is 0 Å². The van der Waals surface area contributed by atoms with Crippen LogP contribution in [0.1, 0.15) is 27.2 Å². The molecule has 0 aliphatic heterocycles. The van der Waals surface area contributed by atoms with Crippen molar-refractivity contribution in [2.45, 2.75) is 33.3 Å². The molecule has 2 unspecified atom stereocenters. The van der Waals surface area contributed by atoms with Crippen LogP contribution in [0.4, 0.5) is 0 Å². The van der Waals surface area contributed by atoms with Gasteiger partial charge < -0.3 is 10.0 Å². The summed E-state index contributed by atoms with van der Waals surface area (Å²) in [4.78, 5) is 2.14. The predicted molar refractivity (Wildman–Crippen MR) is 78.2 cm³/mol. The number of allylic oxidation sites excluding steroid dienone is 6. The fraction of sp³-hybridized carbons (Fsp3) is 0.500. The van der Waals surface area contributed by atoms with Crippen molar-refractivity contribution < 1.29 is 5.11 Å². The Labute approximate surface area is 111 Å². The summed E-state index contributed by atoms with van der Waals surface area (Å²) < 4.78 is 0. The zero-order valence-electron chi connectivity index (χ0n) is 12.1. The maximum Gasteiger partial charge on any atom is 0.0761 e. The molecule has 0 aromatic heterocycles. The fourth-order valence-electron chi connectivity index (χ4n) is 1.97. The Morgan fingerprint density at radius 1 is 1.50 bits per heavy atom. The van der Waals surface area contributed by atoms with Gasteiger partial charge >= 0.3 is 0 Å². The van der Waals surface area contributed by atoms with Crippen LogP contribution in [-0.4, -0.2) is 30.2 Å². The van der Waals surface area contributed by atoms with Gasteiger partial charge in [-0.2, -0.15) is 0 Å². The highest BCUT2D eigenvalue weighted by atomic mass is 16.3. The van der Waals surface area contributed by atoms with Crippen molar-refractivity contribution in [1.29, 1.82) is 0 Å². The number of aliphatic hydroxyl groups excluding tert-OH is 1. The Kier molecular flexibility index (Phi) is 5.42. The third-order valence-electron chi connectivity index (χ3n) is 3.32. The summed E-state index contributed by atoms with van der Waals surface area (Å²) in [6, 6.07) is 0. The van der Waals surface area contributed by atoms with Crippen molar-refractivity contribution >= 4 is 0 Å². The molecular formula is C16H25NO. The Bertz CT molecular complexity index is 397. The molecule has 0 aromatic carbocycles. The largest absolute Gasteiger partial charge is 0.389 e. The van der Waals surface area contributed by atoms with Gasteiger partial charge in [-0.15, -0.1) is 0 Å². The van der Waals surface area contributed by atoms with Crippen LogP contribution in [0, 0.1) is 5.92 Å². The van der Waals surface area contributed by atoms with Gasteiger partial charge in [0, 0.05) is 19.8 Å². The molecule has 1 rings (SSSR count). The first-order valence-electron chi connectivity index (χ1n) is 6.61. The Balaban J connectivity index is 2.97. The van der Waals surface area contributed by atoms with Gasteiger partial charge in [0.1, 0.15) is 0 Å². The predicted octanol–water partition coefficient (Wildman–Crippen LogP) is 3.28. The van der Waals surface area contributed by atoms with E-state index < -0.39 is 6.10 Å². The van der Waals surface area contributed by atoms with Crippen molar-refractivity contribution in [1.82, 2.24) is 4.90 Å². The molecule has 1 aliphatic rings. The summed E-state index contributed by atoms with van der Waals surface area (Å²) in [7, 11) is 4.13. The maximum atomic E-state index is 9.62. The van der Waals surface area contributed by atoms with Crippen LogP contribution in [0.25, 0.3) is 0 Å². The van der Waals surface area contributed by atoms with Gasteiger partial charge in [-0.05, 0) is 36.5 Å². The molecular weight excluding hydrogens is 222 g/mol. The summed E-state index contributed by atoms with van der Waals surface area (Å²) in [5.74, 6) is 0.406. The van der Waals surface area contributed by atoms with E-state index in [4.69, 9.17) is 0 Å². The van der Waals surface area contributed by atoms with Gasteiger partial charge in [-0.25, -0.2) is 0 Å². The molecule has 0 fully saturated rings. The molecule has 2 atom stereocenters. The molecule has 18 heavy (non-hydrogen) atoms. The smallest absolute Gasteiger partial charge is 0.0761 e. The van der Waals surface area contributed by atoms with E-state index in [1.165, 1.54) is 11.3 Å². The molecule has 0 aromatic rings. The van der Waals surface area contributed by atoms with Crippen LogP contribution in [0.2, 0.25) is 0 Å². The lowest BCUT2D eigenvalue weighted by Gasteiger charge is -2.18. The number of hydrogen-bond donors (Lipinski definition) is 1. The number of nitrogens with zero attached hydrogens (tertiary/aromatic N) is 1. The number of hydrogen-bond acceptors (Lipinski definition) is 2. The van der Waals surface area contributed by atoms with Crippen LogP contribution in [0.3, 0.4) is 0 Å². The van der Waals surface area contributed by atoms with E-state index in [0.717, 1.165) is 12.0 Å². The summed E-state index contributed by atoms with van der Waals surface area (Å²) in [5.41, 5.74) is 3.54. The third-order valence-corrected chi connectivity index (χ3v) is 3.32. The van der Waals surface area contributed by atoms with Gasteiger partial charge in [0.25, 0.3) is 0 Å². The second kappa shape index (κ2) is 6.60. The quantitative estimate of drug-likeness (QED) is 0.824. The van der Waals surface area contributed by atoms with E-state index in [9.17, 15) is 5.11 Å². The average molecular weight is 247 g/mol. The topological polar surface area (TPSA) is 23.5 Å². The molecule has 2 nitrogen and oxygen atoms in total. The molecule has 0 spiro atoms. The number of aliphatic hydroxyl groups is 1. The molecule has 2 heteroatoms. The molecule has 100 valence electrons. The lowest BCUT2D eigenvalue weighted by atomic mass is 9.90. The molecule has 1 aliphatic carbocycles. The molecule has 0 amide bonds. The highest BCUT2D eigenvalue weighted by Gasteiger charge is 2.11. The van der Waals surface area contributed by atoms with Crippen LogP contribution >= 0.6 is 0 Å². The number of rotatable bonds is 4. The van der Waals surface area contributed by atoms with Gasteiger partial charge in [0.15, 0.2) is 0 Å². The van der Waals surface area contributed by atoms with Crippen LogP contribution < -0.4 is 0 Å². The Hall–Kier alpha value is -1.28. The summed E-state index contributed by atoms with van der Waals surface area (Å²) >= 11 is 0. The van der Waals surface area contributed by atoms with Gasteiger partial charge in [-0.3, -0.25) is 0 Å². The van der Waals surface area contributed by atoms with Crippen molar-refractivity contribution in [3.05, 3.63) is 47.2 Å². The minimum atomic E-state index is -0.402. The molecule has 0 heterocycles. The summed E-state index contributed by atoms with van der Waals surface area (Å²) in [6.45, 7) is 6.13. The molecule has 0 bridgehead atoms. The first-order chi connectivity index (χ1) is 8.45. The van der Waals surface area contributed by atoms with E-state index in [1.54, 1.807) is 6.92 Å². The molecule has 0 saturated heterocycles. The minimum absolute atomic E-state index is 0.402. The van der Waals surface area contributed by atoms with E-state index in [1.807, 2.05) is 6.08 Å². The van der Waals surface area contributed by atoms with E-state index in [-0.39, 0.29) is 0 Å². The Morgan fingerprint density at radius 3 is 2.67 bits per heavy atom. The molecule has 0 radical (unpaired) electrons. The first-order valence-corrected chi connectivity index (χ1v) is 6.61. The standard InChI is InChI=1S/C16H25NO/c1-6-16(17(4)5)10-9-14-11-15(13(3)18)8-7-12(14)2/h7-13,18H,6H2,1-5H3/b14-9-,16-10+. The SMILES string of the molecule is CC/C(=C\C=C1\C=C(C(C)O)C=CC1C)N(C)C. The lowest BCUT2D eigenvalue weighted by molar-refractivity contribution is 0.235. The molecule has 0 saturated carbocycles. The average Bonchev–Trinajstić information content (AvgIpc) is 2.31. The molecule has 1 N–H and O–H groups in total. The highest BCUT2D eigenvalue weighted by molar-refractivity contribution is 5.42. The highest BCUT2D eigenvalue weighted by Crippen LogP contribution is 2.24. The summed E-state index contributed by atoms with van der Waals surface area (Å²) in [6.07, 6.45) is 11.2. The maximum absolute atomic E-state index is 9.62. The lowest BCUT2D eigenvalue weighted by Crippen LogP contribution is -2.10. The van der Waals surface area contributed by atoms with E-state index in [0.29, 0.717) is 5.92 Å². The van der Waals surface area contributed by atoms with Crippen molar-refractivity contribution in [2.24, 2.45) is 5.92 Å². The fourth-order valence-corrected chi connectivity index (χ4v) is 1.97. The van der Waals surface area contributed by atoms with Crippen molar-refractivity contribution in [3.8, 4) is 0 Å². The minimum Gasteiger partial charge on any atom is -0.389 e. The second-order valence-electron chi connectivity index (χ2n) is 5.04. The monoisotopic (exact) mass is 247 g/mol. The van der Waals surface area contributed by atoms with Crippen molar-refractivity contribution in [3.63, 3.8) is 0 Å². The van der Waals surface area contributed by atoms with Crippen LogP contribution in [0.15, 0.2) is 47.2 Å². The third kappa shape index (κ3) is 3.88. The zero-order chi connectivity index (χ0) is 13.7. The normalized spacial score (nSPS) is 24.1. The summed E-state index contributed by atoms with van der Waals surface area (Å²) in [5, 5.41) is 9.62. The van der Waals surface area contributed by atoms with Gasteiger partial charge in [0.05, 0.1) is 6.10 Å².